The van der Waals surface area contributed by atoms with E-state index in [-0.39, 0.29) is 0 Å². The summed E-state index contributed by atoms with van der Waals surface area (Å²) in [5.74, 6) is 0. The summed E-state index contributed by atoms with van der Waals surface area (Å²) >= 11 is 0. The highest BCUT2D eigenvalue weighted by atomic mass is 14.1. The van der Waals surface area contributed by atoms with Gasteiger partial charge in [0, 0.05) is 0 Å². The molecule has 0 atom stereocenters. The van der Waals surface area contributed by atoms with Gasteiger partial charge in [0.05, 0.1) is 0 Å². The normalized spacial score (nSPS) is 10.6. The Kier molecular flexibility index (Phi) is 4.43. The van der Waals surface area contributed by atoms with Crippen molar-refractivity contribution in [2.45, 2.75) is 6.42 Å². The molecule has 0 unspecified atom stereocenters. The molecule has 0 aromatic heterocycles. The molecular formula is C25H20. The summed E-state index contributed by atoms with van der Waals surface area (Å²) in [5, 5.41) is 0. The Balaban J connectivity index is 1.80. The van der Waals surface area contributed by atoms with Gasteiger partial charge in [-0.3, -0.25) is 0 Å². The molecule has 0 bridgehead atoms. The zero-order valence-electron chi connectivity index (χ0n) is 14.1. The average molecular weight is 320 g/mol. The van der Waals surface area contributed by atoms with E-state index in [2.05, 4.69) is 109 Å². The maximum absolute atomic E-state index is 2.31. The number of hydrogen-bond donors (Lipinski definition) is 0. The van der Waals surface area contributed by atoms with Crippen molar-refractivity contribution in [2.75, 3.05) is 0 Å². The van der Waals surface area contributed by atoms with Crippen LogP contribution in [0.2, 0.25) is 0 Å². The Bertz CT molecular complexity index is 881. The molecule has 120 valence electrons. The molecule has 0 amide bonds. The zero-order valence-corrected chi connectivity index (χ0v) is 14.1. The molecule has 0 saturated heterocycles. The largest absolute Gasteiger partial charge is 0.0622 e. The Morgan fingerprint density at radius 3 is 1.28 bits per heavy atom. The Morgan fingerprint density at radius 2 is 0.800 bits per heavy atom. The first-order valence-electron chi connectivity index (χ1n) is 8.67. The molecule has 0 nitrogen and oxygen atoms in total. The van der Waals surface area contributed by atoms with Gasteiger partial charge >= 0.3 is 0 Å². The molecule has 0 heterocycles. The van der Waals surface area contributed by atoms with Crippen molar-refractivity contribution in [3.05, 3.63) is 120 Å². The predicted molar refractivity (Wildman–Crippen MR) is 107 cm³/mol. The van der Waals surface area contributed by atoms with Gasteiger partial charge in [0.1, 0.15) is 0 Å². The summed E-state index contributed by atoms with van der Waals surface area (Å²) in [6.45, 7) is 0. The van der Waals surface area contributed by atoms with Gasteiger partial charge in [-0.05, 0) is 45.9 Å². The number of benzene rings is 4. The van der Waals surface area contributed by atoms with Crippen LogP contribution in [0.3, 0.4) is 0 Å². The van der Waals surface area contributed by atoms with E-state index in [1.807, 2.05) is 0 Å². The molecule has 0 aliphatic heterocycles. The van der Waals surface area contributed by atoms with Crippen molar-refractivity contribution < 1.29 is 0 Å². The van der Waals surface area contributed by atoms with Crippen LogP contribution in [-0.2, 0) is 6.42 Å². The number of hydrogen-bond acceptors (Lipinski definition) is 0. The second kappa shape index (κ2) is 7.19. The third-order valence-electron chi connectivity index (χ3n) is 4.46. The molecule has 4 aromatic rings. The van der Waals surface area contributed by atoms with Gasteiger partial charge in [0.25, 0.3) is 0 Å². The zero-order chi connectivity index (χ0) is 16.9. The first-order valence-corrected chi connectivity index (χ1v) is 8.67. The quantitative estimate of drug-likeness (QED) is 0.397. The lowest BCUT2D eigenvalue weighted by Crippen LogP contribution is -1.91. The van der Waals surface area contributed by atoms with Gasteiger partial charge in [-0.2, -0.15) is 0 Å². The van der Waals surface area contributed by atoms with Crippen molar-refractivity contribution in [1.29, 1.82) is 0 Å². The molecule has 4 aromatic carbocycles. The van der Waals surface area contributed by atoms with E-state index < -0.39 is 0 Å². The number of rotatable bonds is 4. The topological polar surface area (TPSA) is 0 Å². The van der Waals surface area contributed by atoms with Crippen molar-refractivity contribution >= 4 is 0 Å². The van der Waals surface area contributed by atoms with Crippen molar-refractivity contribution in [2.24, 2.45) is 0 Å². The Labute approximate surface area is 149 Å². The molecule has 0 spiro atoms. The highest BCUT2D eigenvalue weighted by molar-refractivity contribution is 5.74. The van der Waals surface area contributed by atoms with Gasteiger partial charge in [0.15, 0.2) is 0 Å². The average Bonchev–Trinajstić information content (AvgIpc) is 2.70. The fraction of sp³-hybridized carbons (Fsp3) is 0.0400. The molecule has 0 radical (unpaired) electrons. The van der Waals surface area contributed by atoms with E-state index in [1.165, 1.54) is 33.4 Å². The summed E-state index contributed by atoms with van der Waals surface area (Å²) in [7, 11) is 0. The first-order chi connectivity index (χ1) is 12.4. The molecule has 0 aliphatic rings. The van der Waals surface area contributed by atoms with Crippen LogP contribution in [0.5, 0.6) is 0 Å². The van der Waals surface area contributed by atoms with Crippen LogP contribution in [0.15, 0.2) is 109 Å². The molecule has 4 rings (SSSR count). The van der Waals surface area contributed by atoms with Crippen LogP contribution >= 0.6 is 0 Å². The van der Waals surface area contributed by atoms with Gasteiger partial charge < -0.3 is 0 Å². The molecule has 0 N–H and O–H groups in total. The fourth-order valence-electron chi connectivity index (χ4n) is 3.22. The summed E-state index contributed by atoms with van der Waals surface area (Å²) < 4.78 is 0. The van der Waals surface area contributed by atoms with E-state index in [4.69, 9.17) is 0 Å². The molecule has 0 heteroatoms. The molecule has 0 saturated carbocycles. The van der Waals surface area contributed by atoms with Crippen LogP contribution in [0.25, 0.3) is 22.3 Å². The lowest BCUT2D eigenvalue weighted by atomic mass is 9.93. The second-order valence-corrected chi connectivity index (χ2v) is 6.31. The minimum Gasteiger partial charge on any atom is -0.0622 e. The van der Waals surface area contributed by atoms with Gasteiger partial charge in [-0.25, -0.2) is 0 Å². The first kappa shape index (κ1) is 15.4. The molecular weight excluding hydrogens is 300 g/mol. The second-order valence-electron chi connectivity index (χ2n) is 6.31. The van der Waals surface area contributed by atoms with E-state index >= 15 is 0 Å². The van der Waals surface area contributed by atoms with Crippen LogP contribution in [-0.4, -0.2) is 0 Å². The van der Waals surface area contributed by atoms with E-state index in [0.29, 0.717) is 0 Å². The third-order valence-corrected chi connectivity index (χ3v) is 4.46. The maximum Gasteiger partial charge on any atom is -0.00253 e. The minimum absolute atomic E-state index is 0.946. The van der Waals surface area contributed by atoms with E-state index in [1.54, 1.807) is 0 Å². The fourth-order valence-corrected chi connectivity index (χ4v) is 3.22. The maximum atomic E-state index is 2.31. The Hall–Kier alpha value is -3.12. The monoisotopic (exact) mass is 320 g/mol. The molecule has 25 heavy (non-hydrogen) atoms. The highest BCUT2D eigenvalue weighted by Crippen LogP contribution is 2.29. The smallest absolute Gasteiger partial charge is 0.00253 e. The standard InChI is InChI=1S/C25H20/c1-4-10-20(11-5-1)16-21-17-24(22-12-6-2-7-13-22)19-25(18-21)23-14-8-3-9-15-23/h1-15,17-19H,16H2. The lowest BCUT2D eigenvalue weighted by molar-refractivity contribution is 1.19. The predicted octanol–water partition coefficient (Wildman–Crippen LogP) is 6.61. The highest BCUT2D eigenvalue weighted by Gasteiger charge is 2.06. The van der Waals surface area contributed by atoms with Gasteiger partial charge in [-0.1, -0.05) is 103 Å². The Morgan fingerprint density at radius 1 is 0.360 bits per heavy atom. The summed E-state index contributed by atoms with van der Waals surface area (Å²) in [4.78, 5) is 0. The van der Waals surface area contributed by atoms with Crippen LogP contribution in [0.4, 0.5) is 0 Å². The minimum atomic E-state index is 0.946. The van der Waals surface area contributed by atoms with E-state index in [9.17, 15) is 0 Å². The van der Waals surface area contributed by atoms with Crippen LogP contribution in [0, 0.1) is 0 Å². The SMILES string of the molecule is c1ccc(Cc2cc(-c3ccccc3)cc(-c3ccccc3)c2)cc1. The molecule has 0 aliphatic carbocycles. The van der Waals surface area contributed by atoms with Crippen molar-refractivity contribution in [3.63, 3.8) is 0 Å². The van der Waals surface area contributed by atoms with Gasteiger partial charge in [-0.15, -0.1) is 0 Å². The van der Waals surface area contributed by atoms with Crippen molar-refractivity contribution in [3.8, 4) is 22.3 Å². The van der Waals surface area contributed by atoms with Crippen LogP contribution < -0.4 is 0 Å². The van der Waals surface area contributed by atoms with E-state index in [0.717, 1.165) is 6.42 Å². The summed E-state index contributed by atoms with van der Waals surface area (Å²) in [6.07, 6.45) is 0.946. The summed E-state index contributed by atoms with van der Waals surface area (Å²) in [6, 6.07) is 38.8. The van der Waals surface area contributed by atoms with Crippen molar-refractivity contribution in [1.82, 2.24) is 0 Å². The van der Waals surface area contributed by atoms with Gasteiger partial charge in [0.2, 0.25) is 0 Å². The third kappa shape index (κ3) is 3.70. The van der Waals surface area contributed by atoms with Crippen LogP contribution in [0.1, 0.15) is 11.1 Å². The lowest BCUT2D eigenvalue weighted by Gasteiger charge is -2.11. The summed E-state index contributed by atoms with van der Waals surface area (Å²) in [5.41, 5.74) is 7.74. The molecule has 0 fully saturated rings.